The van der Waals surface area contributed by atoms with Crippen molar-refractivity contribution < 1.29 is 17.7 Å². The predicted molar refractivity (Wildman–Crippen MR) is 94.1 cm³/mol. The first-order chi connectivity index (χ1) is 11.9. The van der Waals surface area contributed by atoms with Crippen LogP contribution in [0.25, 0.3) is 0 Å². The molecule has 0 spiro atoms. The van der Waals surface area contributed by atoms with E-state index in [0.29, 0.717) is 30.4 Å². The largest absolute Gasteiger partial charge is 0.361 e. The SMILES string of the molecule is Cc1noc(C)c1CCC(=O)N1CCN(C2CCS(=O)(=O)CC2)CC1. The molecule has 3 rings (SSSR count). The van der Waals surface area contributed by atoms with E-state index in [9.17, 15) is 13.2 Å². The minimum atomic E-state index is -2.82. The molecule has 2 aliphatic rings. The number of piperazine rings is 1. The summed E-state index contributed by atoms with van der Waals surface area (Å²) in [6.07, 6.45) is 2.59. The Balaban J connectivity index is 1.45. The quantitative estimate of drug-likeness (QED) is 0.786. The van der Waals surface area contributed by atoms with Crippen LogP contribution in [0.15, 0.2) is 4.52 Å². The number of rotatable bonds is 4. The maximum Gasteiger partial charge on any atom is 0.222 e. The Bertz CT molecular complexity index is 687. The zero-order valence-electron chi connectivity index (χ0n) is 15.0. The lowest BCUT2D eigenvalue weighted by Crippen LogP contribution is -2.53. The lowest BCUT2D eigenvalue weighted by Gasteiger charge is -2.40. The summed E-state index contributed by atoms with van der Waals surface area (Å²) in [6.45, 7) is 6.90. The van der Waals surface area contributed by atoms with Crippen LogP contribution in [-0.2, 0) is 21.1 Å². The van der Waals surface area contributed by atoms with Crippen molar-refractivity contribution in [1.82, 2.24) is 15.0 Å². The molecule has 7 nitrogen and oxygen atoms in total. The molecular formula is C17H27N3O4S. The number of sulfone groups is 1. The Morgan fingerprint density at radius 3 is 2.36 bits per heavy atom. The second-order valence-corrected chi connectivity index (χ2v) is 9.41. The fraction of sp³-hybridized carbons (Fsp3) is 0.765. The zero-order valence-corrected chi connectivity index (χ0v) is 15.8. The Hall–Kier alpha value is -1.41. The summed E-state index contributed by atoms with van der Waals surface area (Å²) in [5.41, 5.74) is 1.90. The van der Waals surface area contributed by atoms with Crippen LogP contribution < -0.4 is 0 Å². The molecule has 8 heteroatoms. The summed E-state index contributed by atoms with van der Waals surface area (Å²) in [6, 6.07) is 0.350. The second-order valence-electron chi connectivity index (χ2n) is 7.10. The standard InChI is InChI=1S/C17H27N3O4S/c1-13-16(14(2)24-18-13)3-4-17(21)20-9-7-19(8-10-20)15-5-11-25(22,23)12-6-15/h15H,3-12H2,1-2H3. The molecule has 25 heavy (non-hydrogen) atoms. The summed E-state index contributed by atoms with van der Waals surface area (Å²) >= 11 is 0. The highest BCUT2D eigenvalue weighted by atomic mass is 32.2. The van der Waals surface area contributed by atoms with Crippen LogP contribution in [0, 0.1) is 13.8 Å². The van der Waals surface area contributed by atoms with E-state index in [-0.39, 0.29) is 5.91 Å². The van der Waals surface area contributed by atoms with Gasteiger partial charge < -0.3 is 9.42 Å². The van der Waals surface area contributed by atoms with Gasteiger partial charge in [-0.3, -0.25) is 9.69 Å². The maximum absolute atomic E-state index is 12.5. The van der Waals surface area contributed by atoms with Gasteiger partial charge in [0.2, 0.25) is 5.91 Å². The van der Waals surface area contributed by atoms with Gasteiger partial charge in [-0.1, -0.05) is 5.16 Å². The van der Waals surface area contributed by atoms with Crippen LogP contribution in [0.2, 0.25) is 0 Å². The third-order valence-corrected chi connectivity index (χ3v) is 7.19. The summed E-state index contributed by atoms with van der Waals surface area (Å²) in [5, 5.41) is 3.93. The summed E-state index contributed by atoms with van der Waals surface area (Å²) in [4.78, 5) is 16.7. The van der Waals surface area contributed by atoms with Gasteiger partial charge in [-0.25, -0.2) is 8.42 Å². The van der Waals surface area contributed by atoms with Crippen LogP contribution in [0.4, 0.5) is 0 Å². The van der Waals surface area contributed by atoms with Gasteiger partial charge in [0.25, 0.3) is 0 Å². The highest BCUT2D eigenvalue weighted by Crippen LogP contribution is 2.20. The maximum atomic E-state index is 12.5. The van der Waals surface area contributed by atoms with Crippen molar-refractivity contribution in [3.63, 3.8) is 0 Å². The van der Waals surface area contributed by atoms with Crippen molar-refractivity contribution >= 4 is 15.7 Å². The molecule has 0 aromatic carbocycles. The Morgan fingerprint density at radius 2 is 1.80 bits per heavy atom. The molecule has 0 atom stereocenters. The van der Waals surface area contributed by atoms with E-state index in [1.54, 1.807) is 0 Å². The average Bonchev–Trinajstić information content (AvgIpc) is 2.91. The van der Waals surface area contributed by atoms with Gasteiger partial charge in [-0.2, -0.15) is 0 Å². The molecular weight excluding hydrogens is 342 g/mol. The first-order valence-electron chi connectivity index (χ1n) is 9.00. The van der Waals surface area contributed by atoms with Gasteiger partial charge in [-0.15, -0.1) is 0 Å². The van der Waals surface area contributed by atoms with E-state index in [4.69, 9.17) is 4.52 Å². The van der Waals surface area contributed by atoms with E-state index in [2.05, 4.69) is 10.1 Å². The number of hydrogen-bond acceptors (Lipinski definition) is 6. The highest BCUT2D eigenvalue weighted by molar-refractivity contribution is 7.91. The molecule has 3 heterocycles. The second kappa shape index (κ2) is 7.45. The normalized spacial score (nSPS) is 22.2. The molecule has 140 valence electrons. The van der Waals surface area contributed by atoms with E-state index in [1.807, 2.05) is 18.7 Å². The number of amides is 1. The summed E-state index contributed by atoms with van der Waals surface area (Å²) in [5.74, 6) is 1.57. The third kappa shape index (κ3) is 4.41. The fourth-order valence-electron chi connectivity index (χ4n) is 3.83. The van der Waals surface area contributed by atoms with Crippen molar-refractivity contribution in [2.45, 2.75) is 45.6 Å². The Morgan fingerprint density at radius 1 is 1.16 bits per heavy atom. The molecule has 0 bridgehead atoms. The van der Waals surface area contributed by atoms with Crippen molar-refractivity contribution in [2.75, 3.05) is 37.7 Å². The summed E-state index contributed by atoms with van der Waals surface area (Å²) in [7, 11) is -2.82. The van der Waals surface area contributed by atoms with Crippen LogP contribution in [-0.4, -0.2) is 73.0 Å². The lowest BCUT2D eigenvalue weighted by atomic mass is 10.1. The molecule has 1 aromatic rings. The molecule has 0 N–H and O–H groups in total. The number of nitrogens with zero attached hydrogens (tertiary/aromatic N) is 3. The van der Waals surface area contributed by atoms with Crippen molar-refractivity contribution in [3.8, 4) is 0 Å². The number of carbonyl (C=O) groups is 1. The van der Waals surface area contributed by atoms with Gasteiger partial charge in [0.1, 0.15) is 15.6 Å². The minimum absolute atomic E-state index is 0.172. The van der Waals surface area contributed by atoms with Crippen LogP contribution in [0.1, 0.15) is 36.3 Å². The van der Waals surface area contributed by atoms with E-state index in [1.165, 1.54) is 0 Å². The van der Waals surface area contributed by atoms with E-state index < -0.39 is 9.84 Å². The summed E-state index contributed by atoms with van der Waals surface area (Å²) < 4.78 is 28.3. The molecule has 1 amide bonds. The van der Waals surface area contributed by atoms with Crippen molar-refractivity contribution in [2.24, 2.45) is 0 Å². The first-order valence-corrected chi connectivity index (χ1v) is 10.8. The molecule has 0 radical (unpaired) electrons. The number of carbonyl (C=O) groups excluding carboxylic acids is 1. The van der Waals surface area contributed by atoms with Gasteiger partial charge >= 0.3 is 0 Å². The molecule has 0 unspecified atom stereocenters. The van der Waals surface area contributed by atoms with Gasteiger partial charge in [0.05, 0.1) is 17.2 Å². The third-order valence-electron chi connectivity index (χ3n) is 5.48. The van der Waals surface area contributed by atoms with Gasteiger partial charge in [0.15, 0.2) is 0 Å². The minimum Gasteiger partial charge on any atom is -0.361 e. The molecule has 0 aliphatic carbocycles. The van der Waals surface area contributed by atoms with Crippen LogP contribution in [0.3, 0.4) is 0 Å². The van der Waals surface area contributed by atoms with Gasteiger partial charge in [0, 0.05) is 44.2 Å². The number of aromatic nitrogens is 1. The topological polar surface area (TPSA) is 83.7 Å². The van der Waals surface area contributed by atoms with Crippen molar-refractivity contribution in [1.29, 1.82) is 0 Å². The number of aryl methyl sites for hydroxylation is 2. The highest BCUT2D eigenvalue weighted by Gasteiger charge is 2.30. The first kappa shape index (κ1) is 18.4. The average molecular weight is 369 g/mol. The monoisotopic (exact) mass is 369 g/mol. The van der Waals surface area contributed by atoms with Crippen LogP contribution in [0.5, 0.6) is 0 Å². The van der Waals surface area contributed by atoms with Crippen LogP contribution >= 0.6 is 0 Å². The van der Waals surface area contributed by atoms with Gasteiger partial charge in [-0.05, 0) is 33.1 Å². The Kier molecular flexibility index (Phi) is 5.48. The smallest absolute Gasteiger partial charge is 0.222 e. The van der Waals surface area contributed by atoms with E-state index >= 15 is 0 Å². The molecule has 0 saturated carbocycles. The van der Waals surface area contributed by atoms with E-state index in [0.717, 1.165) is 56.0 Å². The molecule has 2 fully saturated rings. The van der Waals surface area contributed by atoms with Crippen molar-refractivity contribution in [3.05, 3.63) is 17.0 Å². The Labute approximate surface area is 149 Å². The molecule has 1 aromatic heterocycles. The fourth-order valence-corrected chi connectivity index (χ4v) is 5.29. The predicted octanol–water partition coefficient (Wildman–Crippen LogP) is 0.945. The number of hydrogen-bond donors (Lipinski definition) is 0. The molecule has 2 saturated heterocycles. The zero-order chi connectivity index (χ0) is 18.0. The lowest BCUT2D eigenvalue weighted by molar-refractivity contribution is -0.133. The molecule has 2 aliphatic heterocycles.